The van der Waals surface area contributed by atoms with E-state index >= 15 is 0 Å². The third kappa shape index (κ3) is 2.21. The third-order valence-corrected chi connectivity index (χ3v) is 4.11. The van der Waals surface area contributed by atoms with Crippen molar-refractivity contribution in [2.24, 2.45) is 0 Å². The van der Waals surface area contributed by atoms with Crippen molar-refractivity contribution in [3.05, 3.63) is 47.0 Å². The fraction of sp³-hybridized carbons (Fsp3) is 0.278. The summed E-state index contributed by atoms with van der Waals surface area (Å²) in [5.74, 6) is 1.08. The zero-order valence-electron chi connectivity index (χ0n) is 13.3. The molecule has 3 rings (SSSR count). The highest BCUT2D eigenvalue weighted by atomic mass is 16.5. The lowest BCUT2D eigenvalue weighted by Crippen LogP contribution is -1.88. The second-order valence-electron chi connectivity index (χ2n) is 5.58. The molecule has 4 nitrogen and oxygen atoms in total. The first-order valence-electron chi connectivity index (χ1n) is 7.47. The van der Waals surface area contributed by atoms with Crippen molar-refractivity contribution < 1.29 is 9.63 Å². The lowest BCUT2D eigenvalue weighted by atomic mass is 9.95. The van der Waals surface area contributed by atoms with E-state index < -0.39 is 0 Å². The molecule has 0 fully saturated rings. The molecule has 2 heterocycles. The van der Waals surface area contributed by atoms with Gasteiger partial charge in [0, 0.05) is 11.3 Å². The summed E-state index contributed by atoms with van der Waals surface area (Å²) in [4.78, 5) is 3.50. The predicted octanol–water partition coefficient (Wildman–Crippen LogP) is 4.53. The quantitative estimate of drug-likeness (QED) is 0.746. The topological polar surface area (TPSA) is 62.0 Å². The molecule has 0 atom stereocenters. The van der Waals surface area contributed by atoms with E-state index in [2.05, 4.69) is 24.0 Å². The highest BCUT2D eigenvalue weighted by molar-refractivity contribution is 5.86. The Balaban J connectivity index is 2.30. The summed E-state index contributed by atoms with van der Waals surface area (Å²) >= 11 is 0. The summed E-state index contributed by atoms with van der Waals surface area (Å²) < 4.78 is 5.33. The number of rotatable bonds is 3. The minimum Gasteiger partial charge on any atom is -0.508 e. The van der Waals surface area contributed by atoms with Gasteiger partial charge < -0.3 is 14.6 Å². The summed E-state index contributed by atoms with van der Waals surface area (Å²) in [5.41, 5.74) is 7.60. The lowest BCUT2D eigenvalue weighted by Gasteiger charge is -2.07. The molecule has 2 aromatic heterocycles. The molecular formula is C18H20N2O2. The first kappa shape index (κ1) is 14.4. The van der Waals surface area contributed by atoms with E-state index in [0.717, 1.165) is 46.0 Å². The lowest BCUT2D eigenvalue weighted by molar-refractivity contribution is 0.393. The molecule has 4 heteroatoms. The minimum atomic E-state index is 0.271. The van der Waals surface area contributed by atoms with Gasteiger partial charge in [0.25, 0.3) is 0 Å². The van der Waals surface area contributed by atoms with Crippen molar-refractivity contribution >= 4 is 0 Å². The van der Waals surface area contributed by atoms with E-state index in [4.69, 9.17) is 4.52 Å². The largest absolute Gasteiger partial charge is 0.508 e. The van der Waals surface area contributed by atoms with E-state index in [9.17, 15) is 5.11 Å². The van der Waals surface area contributed by atoms with Crippen LogP contribution in [0.15, 0.2) is 28.8 Å². The van der Waals surface area contributed by atoms with Crippen molar-refractivity contribution in [2.45, 2.75) is 34.1 Å². The van der Waals surface area contributed by atoms with Gasteiger partial charge in [-0.3, -0.25) is 0 Å². The molecule has 22 heavy (non-hydrogen) atoms. The predicted molar refractivity (Wildman–Crippen MR) is 87.0 cm³/mol. The van der Waals surface area contributed by atoms with Crippen LogP contribution in [0.2, 0.25) is 0 Å². The second kappa shape index (κ2) is 5.37. The fourth-order valence-electron chi connectivity index (χ4n) is 3.08. The van der Waals surface area contributed by atoms with Gasteiger partial charge in [-0.2, -0.15) is 0 Å². The Morgan fingerprint density at radius 2 is 1.77 bits per heavy atom. The Bertz CT molecular complexity index is 791. The van der Waals surface area contributed by atoms with Crippen LogP contribution >= 0.6 is 0 Å². The van der Waals surface area contributed by atoms with E-state index in [0.29, 0.717) is 0 Å². The van der Waals surface area contributed by atoms with E-state index in [-0.39, 0.29) is 5.75 Å². The molecule has 0 saturated heterocycles. The van der Waals surface area contributed by atoms with E-state index in [1.54, 1.807) is 12.1 Å². The molecule has 0 saturated carbocycles. The van der Waals surface area contributed by atoms with Crippen LogP contribution in [0.25, 0.3) is 22.4 Å². The SMILES string of the molecule is CCc1c(C)[nH]c(-c2c(C)noc2C)c1-c1ccc(O)cc1. The second-order valence-corrected chi connectivity index (χ2v) is 5.58. The number of hydrogen-bond acceptors (Lipinski definition) is 3. The number of aryl methyl sites for hydroxylation is 3. The van der Waals surface area contributed by atoms with Gasteiger partial charge in [-0.25, -0.2) is 0 Å². The maximum Gasteiger partial charge on any atom is 0.143 e. The normalized spacial score (nSPS) is 11.1. The summed E-state index contributed by atoms with van der Waals surface area (Å²) in [6.45, 7) is 8.12. The molecule has 0 radical (unpaired) electrons. The number of aromatic nitrogens is 2. The monoisotopic (exact) mass is 296 g/mol. The fourth-order valence-corrected chi connectivity index (χ4v) is 3.08. The van der Waals surface area contributed by atoms with Crippen LogP contribution in [0, 0.1) is 20.8 Å². The first-order valence-corrected chi connectivity index (χ1v) is 7.47. The number of nitrogens with zero attached hydrogens (tertiary/aromatic N) is 1. The molecule has 1 aromatic carbocycles. The number of aromatic hydroxyl groups is 1. The third-order valence-electron chi connectivity index (χ3n) is 4.11. The summed E-state index contributed by atoms with van der Waals surface area (Å²) in [5, 5.41) is 13.6. The zero-order valence-corrected chi connectivity index (χ0v) is 13.3. The molecule has 0 spiro atoms. The number of benzene rings is 1. The molecule has 114 valence electrons. The average Bonchev–Trinajstić information content (AvgIpc) is 2.99. The Kier molecular flexibility index (Phi) is 3.53. The molecule has 0 aliphatic heterocycles. The molecular weight excluding hydrogens is 276 g/mol. The van der Waals surface area contributed by atoms with Gasteiger partial charge >= 0.3 is 0 Å². The molecule has 0 aliphatic carbocycles. The van der Waals surface area contributed by atoms with Gasteiger partial charge in [0.1, 0.15) is 11.5 Å². The molecule has 2 N–H and O–H groups in total. The van der Waals surface area contributed by atoms with Crippen molar-refractivity contribution in [3.8, 4) is 28.1 Å². The standard InChI is InChI=1S/C18H20N2O2/c1-5-15-10(2)19-18(16-11(3)20-22-12(16)4)17(15)13-6-8-14(21)9-7-13/h6-9,19,21H,5H2,1-4H3. The highest BCUT2D eigenvalue weighted by Crippen LogP contribution is 2.39. The van der Waals surface area contributed by atoms with Crippen molar-refractivity contribution in [1.82, 2.24) is 10.1 Å². The maximum absolute atomic E-state index is 9.54. The van der Waals surface area contributed by atoms with Crippen LogP contribution < -0.4 is 0 Å². The summed E-state index contributed by atoms with van der Waals surface area (Å²) in [7, 11) is 0. The van der Waals surface area contributed by atoms with Crippen LogP contribution in [0.1, 0.15) is 29.6 Å². The van der Waals surface area contributed by atoms with Crippen LogP contribution in [-0.2, 0) is 6.42 Å². The smallest absolute Gasteiger partial charge is 0.143 e. The van der Waals surface area contributed by atoms with Gasteiger partial charge in [0.15, 0.2) is 0 Å². The molecule has 0 amide bonds. The van der Waals surface area contributed by atoms with E-state index in [1.807, 2.05) is 26.0 Å². The number of phenolic OH excluding ortho intramolecular Hbond substituents is 1. The Labute approximate surface area is 129 Å². The Hall–Kier alpha value is -2.49. The van der Waals surface area contributed by atoms with Crippen LogP contribution in [-0.4, -0.2) is 15.2 Å². The maximum atomic E-state index is 9.54. The Morgan fingerprint density at radius 1 is 1.09 bits per heavy atom. The van der Waals surface area contributed by atoms with Crippen molar-refractivity contribution in [3.63, 3.8) is 0 Å². The highest BCUT2D eigenvalue weighted by Gasteiger charge is 2.22. The van der Waals surface area contributed by atoms with Gasteiger partial charge in [-0.15, -0.1) is 0 Å². The van der Waals surface area contributed by atoms with E-state index in [1.165, 1.54) is 5.56 Å². The van der Waals surface area contributed by atoms with Crippen LogP contribution in [0.4, 0.5) is 0 Å². The molecule has 3 aromatic rings. The number of H-pyrrole nitrogens is 1. The van der Waals surface area contributed by atoms with Gasteiger partial charge in [-0.05, 0) is 50.5 Å². The van der Waals surface area contributed by atoms with Gasteiger partial charge in [0.05, 0.1) is 17.0 Å². The number of aromatic amines is 1. The van der Waals surface area contributed by atoms with Crippen LogP contribution in [0.5, 0.6) is 5.75 Å². The molecule has 0 aliphatic rings. The number of hydrogen-bond donors (Lipinski definition) is 2. The first-order chi connectivity index (χ1) is 10.5. The number of phenols is 1. The van der Waals surface area contributed by atoms with Crippen molar-refractivity contribution in [2.75, 3.05) is 0 Å². The van der Waals surface area contributed by atoms with Crippen molar-refractivity contribution in [1.29, 1.82) is 0 Å². The molecule has 0 unspecified atom stereocenters. The number of nitrogens with one attached hydrogen (secondary N) is 1. The average molecular weight is 296 g/mol. The zero-order chi connectivity index (χ0) is 15.9. The van der Waals surface area contributed by atoms with Gasteiger partial charge in [-0.1, -0.05) is 24.2 Å². The van der Waals surface area contributed by atoms with Gasteiger partial charge in [0.2, 0.25) is 0 Å². The summed E-state index contributed by atoms with van der Waals surface area (Å²) in [6.07, 6.45) is 0.932. The van der Waals surface area contributed by atoms with Crippen LogP contribution in [0.3, 0.4) is 0 Å². The minimum absolute atomic E-state index is 0.271. The molecule has 0 bridgehead atoms. The Morgan fingerprint density at radius 3 is 2.32 bits per heavy atom. The summed E-state index contributed by atoms with van der Waals surface area (Å²) in [6, 6.07) is 7.32.